The molecule has 1 amide bonds. The van der Waals surface area contributed by atoms with E-state index in [2.05, 4.69) is 21.4 Å². The lowest BCUT2D eigenvalue weighted by Gasteiger charge is -2.21. The fourth-order valence-corrected chi connectivity index (χ4v) is 3.56. The molecule has 1 saturated heterocycles. The van der Waals surface area contributed by atoms with Crippen molar-refractivity contribution in [3.05, 3.63) is 36.0 Å². The Morgan fingerprint density at radius 2 is 2.06 bits per heavy atom. The van der Waals surface area contributed by atoms with Crippen LogP contribution >= 0.6 is 0 Å². The lowest BCUT2D eigenvalue weighted by Crippen LogP contribution is -2.33. The highest BCUT2D eigenvalue weighted by molar-refractivity contribution is 6.01. The molecule has 1 fully saturated rings. The molecule has 1 aliphatic rings. The van der Waals surface area contributed by atoms with Gasteiger partial charge in [-0.25, -0.2) is 9.78 Å². The third kappa shape index (κ3) is 5.22. The fourth-order valence-electron chi connectivity index (χ4n) is 3.56. The second kappa shape index (κ2) is 9.45. The van der Waals surface area contributed by atoms with Gasteiger partial charge in [-0.05, 0) is 58.7 Å². The third-order valence-electron chi connectivity index (χ3n) is 5.31. The van der Waals surface area contributed by atoms with Gasteiger partial charge in [0.25, 0.3) is 0 Å². The van der Waals surface area contributed by atoms with Crippen LogP contribution in [0.4, 0.5) is 17.5 Å². The summed E-state index contributed by atoms with van der Waals surface area (Å²) in [4.78, 5) is 35.6. The zero-order valence-corrected chi connectivity index (χ0v) is 19.6. The zero-order chi connectivity index (χ0) is 24.2. The van der Waals surface area contributed by atoms with Gasteiger partial charge in [-0.1, -0.05) is 6.92 Å². The summed E-state index contributed by atoms with van der Waals surface area (Å²) in [7, 11) is 0. The molecule has 174 valence electrons. The van der Waals surface area contributed by atoms with Crippen LogP contribution in [0.25, 0.3) is 0 Å². The third-order valence-corrected chi connectivity index (χ3v) is 5.31. The normalized spacial score (nSPS) is 18.1. The Morgan fingerprint density at radius 1 is 1.30 bits per heavy atom. The lowest BCUT2D eigenvalue weighted by atomic mass is 9.85. The van der Waals surface area contributed by atoms with Crippen molar-refractivity contribution in [2.75, 3.05) is 23.4 Å². The minimum Gasteiger partial charge on any atom is -0.493 e. The summed E-state index contributed by atoms with van der Waals surface area (Å²) >= 11 is 0. The first kappa shape index (κ1) is 24.0. The van der Waals surface area contributed by atoms with Gasteiger partial charge in [0, 0.05) is 24.5 Å². The highest BCUT2D eigenvalue weighted by Gasteiger charge is 2.46. The number of ether oxygens (including phenoxy) is 2. The summed E-state index contributed by atoms with van der Waals surface area (Å²) in [6.07, 6.45) is 2.48. The highest BCUT2D eigenvalue weighted by Crippen LogP contribution is 2.37. The summed E-state index contributed by atoms with van der Waals surface area (Å²) < 4.78 is 11.1. The predicted octanol–water partition coefficient (Wildman–Crippen LogP) is 4.23. The van der Waals surface area contributed by atoms with Gasteiger partial charge in [-0.15, -0.1) is 0 Å². The van der Waals surface area contributed by atoms with Gasteiger partial charge in [0.2, 0.25) is 11.9 Å². The number of rotatable bonds is 7. The van der Waals surface area contributed by atoms with Crippen molar-refractivity contribution in [1.29, 1.82) is 5.26 Å². The first-order valence-corrected chi connectivity index (χ1v) is 11.0. The van der Waals surface area contributed by atoms with Gasteiger partial charge in [-0.2, -0.15) is 10.2 Å². The standard InChI is InChI=1S/C24H29N5O4/c1-6-24(15-25)11-13-29(21(24)31)19-10-12-26-22(28-19)27-16-8-9-17(18(14-16)32-7-2)20(30)33-23(3,4)5/h8-10,12,14H,6-7,11,13H2,1-5H3,(H,26,27,28)/t24-/m1/s1. The van der Waals surface area contributed by atoms with Crippen LogP contribution in [-0.2, 0) is 9.53 Å². The largest absolute Gasteiger partial charge is 0.493 e. The Labute approximate surface area is 193 Å². The molecule has 9 heteroatoms. The topological polar surface area (TPSA) is 117 Å². The summed E-state index contributed by atoms with van der Waals surface area (Å²) in [5.41, 5.74) is -0.695. The summed E-state index contributed by atoms with van der Waals surface area (Å²) in [6.45, 7) is 9.88. The molecule has 33 heavy (non-hydrogen) atoms. The Balaban J connectivity index is 1.83. The Kier molecular flexibility index (Phi) is 6.86. The Hall–Kier alpha value is -3.67. The van der Waals surface area contributed by atoms with Crippen molar-refractivity contribution < 1.29 is 19.1 Å². The molecular weight excluding hydrogens is 422 g/mol. The number of benzene rings is 1. The molecule has 1 N–H and O–H groups in total. The smallest absolute Gasteiger partial charge is 0.342 e. The van der Waals surface area contributed by atoms with Gasteiger partial charge < -0.3 is 14.8 Å². The van der Waals surface area contributed by atoms with E-state index in [9.17, 15) is 14.9 Å². The van der Waals surface area contributed by atoms with E-state index in [1.807, 2.05) is 13.8 Å². The van der Waals surface area contributed by atoms with Crippen molar-refractivity contribution in [3.8, 4) is 11.8 Å². The van der Waals surface area contributed by atoms with Crippen molar-refractivity contribution >= 4 is 29.3 Å². The van der Waals surface area contributed by atoms with E-state index in [0.717, 1.165) is 0 Å². The molecule has 0 saturated carbocycles. The maximum atomic E-state index is 12.8. The highest BCUT2D eigenvalue weighted by atomic mass is 16.6. The molecule has 0 unspecified atom stereocenters. The van der Waals surface area contributed by atoms with E-state index in [1.165, 1.54) is 4.90 Å². The maximum Gasteiger partial charge on any atom is 0.342 e. The average Bonchev–Trinajstić information content (AvgIpc) is 3.10. The van der Waals surface area contributed by atoms with Gasteiger partial charge in [-0.3, -0.25) is 9.69 Å². The van der Waals surface area contributed by atoms with Crippen molar-refractivity contribution in [3.63, 3.8) is 0 Å². The van der Waals surface area contributed by atoms with Crippen molar-refractivity contribution in [2.24, 2.45) is 5.41 Å². The van der Waals surface area contributed by atoms with E-state index in [4.69, 9.17) is 9.47 Å². The zero-order valence-electron chi connectivity index (χ0n) is 19.6. The molecule has 0 radical (unpaired) electrons. The second-order valence-corrected chi connectivity index (χ2v) is 8.76. The number of nitrogens with one attached hydrogen (secondary N) is 1. The van der Waals surface area contributed by atoms with E-state index in [0.29, 0.717) is 48.8 Å². The molecule has 2 aromatic rings. The second-order valence-electron chi connectivity index (χ2n) is 8.76. The van der Waals surface area contributed by atoms with E-state index >= 15 is 0 Å². The number of carbonyl (C=O) groups excluding carboxylic acids is 2. The lowest BCUT2D eigenvalue weighted by molar-refractivity contribution is -0.123. The summed E-state index contributed by atoms with van der Waals surface area (Å²) in [5.74, 6) is 0.374. The molecule has 2 heterocycles. The molecule has 1 atom stereocenters. The molecule has 3 rings (SSSR count). The number of hydrogen-bond donors (Lipinski definition) is 1. The molecule has 0 spiro atoms. The van der Waals surface area contributed by atoms with Crippen molar-refractivity contribution in [1.82, 2.24) is 9.97 Å². The Morgan fingerprint density at radius 3 is 2.67 bits per heavy atom. The van der Waals surface area contributed by atoms with Gasteiger partial charge in [0.15, 0.2) is 0 Å². The monoisotopic (exact) mass is 451 g/mol. The first-order valence-electron chi connectivity index (χ1n) is 11.0. The van der Waals surface area contributed by atoms with Gasteiger partial charge in [0.05, 0.1) is 12.7 Å². The van der Waals surface area contributed by atoms with Crippen LogP contribution < -0.4 is 15.0 Å². The van der Waals surface area contributed by atoms with Crippen LogP contribution in [0.3, 0.4) is 0 Å². The quantitative estimate of drug-likeness (QED) is 0.622. The van der Waals surface area contributed by atoms with Gasteiger partial charge >= 0.3 is 5.97 Å². The average molecular weight is 452 g/mol. The molecule has 0 bridgehead atoms. The van der Waals surface area contributed by atoms with E-state index < -0.39 is 17.0 Å². The number of aromatic nitrogens is 2. The fraction of sp³-hybridized carbons (Fsp3) is 0.458. The van der Waals surface area contributed by atoms with E-state index in [1.54, 1.807) is 51.2 Å². The minimum atomic E-state index is -0.998. The predicted molar refractivity (Wildman–Crippen MR) is 123 cm³/mol. The minimum absolute atomic E-state index is 0.238. The number of nitrogens with zero attached hydrogens (tertiary/aromatic N) is 4. The molecule has 1 aromatic heterocycles. The number of esters is 1. The van der Waals surface area contributed by atoms with Crippen molar-refractivity contribution in [2.45, 2.75) is 53.1 Å². The molecule has 1 aliphatic heterocycles. The summed E-state index contributed by atoms with van der Waals surface area (Å²) in [6, 6.07) is 8.82. The van der Waals surface area contributed by atoms with Crippen LogP contribution in [-0.4, -0.2) is 40.6 Å². The SMILES string of the molecule is CCOc1cc(Nc2nccc(N3CC[C@@](C#N)(CC)C3=O)n2)ccc1C(=O)OC(C)(C)C. The maximum absolute atomic E-state index is 12.8. The molecule has 9 nitrogen and oxygen atoms in total. The van der Waals surface area contributed by atoms with Crippen LogP contribution in [0.15, 0.2) is 30.5 Å². The van der Waals surface area contributed by atoms with Gasteiger partial charge in [0.1, 0.15) is 28.1 Å². The first-order chi connectivity index (χ1) is 15.6. The Bertz CT molecular complexity index is 1090. The van der Waals surface area contributed by atoms with Crippen LogP contribution in [0.2, 0.25) is 0 Å². The summed E-state index contributed by atoms with van der Waals surface area (Å²) in [5, 5.41) is 12.6. The molecule has 1 aromatic carbocycles. The number of anilines is 3. The number of hydrogen-bond acceptors (Lipinski definition) is 8. The van der Waals surface area contributed by atoms with Crippen LogP contribution in [0.1, 0.15) is 57.8 Å². The van der Waals surface area contributed by atoms with Crippen LogP contribution in [0.5, 0.6) is 5.75 Å². The van der Waals surface area contributed by atoms with Crippen LogP contribution in [0, 0.1) is 16.7 Å². The molecular formula is C24H29N5O4. The number of amides is 1. The van der Waals surface area contributed by atoms with E-state index in [-0.39, 0.29) is 11.9 Å². The number of carbonyl (C=O) groups is 2. The molecule has 0 aliphatic carbocycles. The number of nitriles is 1.